The number of rotatable bonds is 4. The number of nitrogens with zero attached hydrogens (tertiary/aromatic N) is 6. The molecule has 0 unspecified atom stereocenters. The van der Waals surface area contributed by atoms with Crippen molar-refractivity contribution in [2.45, 2.75) is 11.1 Å². The second-order valence-corrected chi connectivity index (χ2v) is 10.7. The topological polar surface area (TPSA) is 83.7 Å². The summed E-state index contributed by atoms with van der Waals surface area (Å²) >= 11 is 12.1. The van der Waals surface area contributed by atoms with Gasteiger partial charge < -0.3 is 4.90 Å². The van der Waals surface area contributed by atoms with Crippen LogP contribution in [0, 0.1) is 0 Å². The van der Waals surface area contributed by atoms with E-state index in [4.69, 9.17) is 23.2 Å². The van der Waals surface area contributed by atoms with Crippen molar-refractivity contribution < 1.29 is 21.6 Å². The van der Waals surface area contributed by atoms with Crippen molar-refractivity contribution in [3.8, 4) is 11.3 Å². The molecule has 4 aromatic rings. The molecule has 36 heavy (non-hydrogen) atoms. The molecule has 0 radical (unpaired) electrons. The van der Waals surface area contributed by atoms with Gasteiger partial charge in [-0.05, 0) is 30.3 Å². The number of sulfonamides is 1. The minimum Gasteiger partial charge on any atom is -0.337 e. The second kappa shape index (κ2) is 9.18. The van der Waals surface area contributed by atoms with E-state index in [1.807, 2.05) is 0 Å². The number of fused-ring (bicyclic) bond motifs is 1. The molecule has 0 bridgehead atoms. The van der Waals surface area contributed by atoms with Crippen molar-refractivity contribution >= 4 is 45.0 Å². The summed E-state index contributed by atoms with van der Waals surface area (Å²) in [6.45, 7) is 0.865. The van der Waals surface area contributed by atoms with Crippen LogP contribution in [0.2, 0.25) is 10.0 Å². The van der Waals surface area contributed by atoms with E-state index in [9.17, 15) is 21.6 Å². The summed E-state index contributed by atoms with van der Waals surface area (Å²) in [7, 11) is -3.86. The summed E-state index contributed by atoms with van der Waals surface area (Å²) in [5.41, 5.74) is -0.0768. The van der Waals surface area contributed by atoms with Crippen LogP contribution in [-0.2, 0) is 16.2 Å². The fourth-order valence-corrected chi connectivity index (χ4v) is 6.10. The van der Waals surface area contributed by atoms with Gasteiger partial charge in [0.1, 0.15) is 4.90 Å². The Morgan fingerprint density at radius 3 is 2.39 bits per heavy atom. The zero-order valence-electron chi connectivity index (χ0n) is 18.3. The first-order valence-corrected chi connectivity index (χ1v) is 12.8. The van der Waals surface area contributed by atoms with Crippen LogP contribution in [0.25, 0.3) is 17.0 Å². The summed E-state index contributed by atoms with van der Waals surface area (Å²) in [5, 5.41) is 4.57. The van der Waals surface area contributed by atoms with Crippen LogP contribution in [0.15, 0.2) is 59.6 Å². The lowest BCUT2D eigenvalue weighted by Crippen LogP contribution is -2.49. The molecule has 2 aromatic heterocycles. The molecule has 0 saturated carbocycles. The van der Waals surface area contributed by atoms with E-state index in [0.717, 1.165) is 12.1 Å². The maximum absolute atomic E-state index is 13.2. The molecular weight excluding hydrogens is 540 g/mol. The number of halogens is 5. The van der Waals surface area contributed by atoms with Gasteiger partial charge in [0, 0.05) is 37.9 Å². The van der Waals surface area contributed by atoms with E-state index in [2.05, 4.69) is 15.1 Å². The lowest BCUT2D eigenvalue weighted by atomic mass is 10.1. The Morgan fingerprint density at radius 1 is 0.944 bits per heavy atom. The van der Waals surface area contributed by atoms with Crippen LogP contribution in [0.4, 0.5) is 19.1 Å². The van der Waals surface area contributed by atoms with Crippen molar-refractivity contribution in [3.63, 3.8) is 0 Å². The predicted molar refractivity (Wildman–Crippen MR) is 129 cm³/mol. The molecule has 0 atom stereocenters. The number of anilines is 1. The van der Waals surface area contributed by atoms with Crippen LogP contribution in [0.1, 0.15) is 5.56 Å². The summed E-state index contributed by atoms with van der Waals surface area (Å²) in [5.74, 6) is 0.500. The lowest BCUT2D eigenvalue weighted by molar-refractivity contribution is -0.137. The third-order valence-corrected chi connectivity index (χ3v) is 8.64. The van der Waals surface area contributed by atoms with Crippen molar-refractivity contribution in [1.82, 2.24) is 23.9 Å². The zero-order chi connectivity index (χ0) is 25.7. The molecule has 188 valence electrons. The minimum atomic E-state index is -4.48. The Labute approximate surface area is 213 Å². The maximum atomic E-state index is 13.2. The van der Waals surface area contributed by atoms with E-state index in [0.29, 0.717) is 17.2 Å². The monoisotopic (exact) mass is 556 g/mol. The van der Waals surface area contributed by atoms with Gasteiger partial charge in [0.05, 0.1) is 21.3 Å². The smallest absolute Gasteiger partial charge is 0.337 e. The quantitative estimate of drug-likeness (QED) is 0.364. The molecule has 1 fully saturated rings. The number of piperazine rings is 1. The Hall–Kier alpha value is -2.93. The third-order valence-electron chi connectivity index (χ3n) is 5.77. The summed E-state index contributed by atoms with van der Waals surface area (Å²) in [6, 6.07) is 10.9. The van der Waals surface area contributed by atoms with E-state index in [-0.39, 0.29) is 46.9 Å². The number of alkyl halides is 3. The largest absolute Gasteiger partial charge is 0.416 e. The molecule has 1 saturated heterocycles. The highest BCUT2D eigenvalue weighted by Crippen LogP contribution is 2.33. The molecule has 14 heteroatoms. The number of hydrogen-bond donors (Lipinski definition) is 0. The molecule has 0 aliphatic carbocycles. The number of benzene rings is 2. The lowest BCUT2D eigenvalue weighted by Gasteiger charge is -2.33. The van der Waals surface area contributed by atoms with Crippen LogP contribution in [-0.4, -0.2) is 58.5 Å². The van der Waals surface area contributed by atoms with Crippen LogP contribution in [0.5, 0.6) is 0 Å². The highest BCUT2D eigenvalue weighted by Gasteiger charge is 2.32. The van der Waals surface area contributed by atoms with Gasteiger partial charge in [-0.1, -0.05) is 41.4 Å². The van der Waals surface area contributed by atoms with Gasteiger partial charge in [-0.25, -0.2) is 13.4 Å². The second-order valence-electron chi connectivity index (χ2n) is 7.98. The minimum absolute atomic E-state index is 0.0307. The van der Waals surface area contributed by atoms with E-state index < -0.39 is 21.8 Å². The van der Waals surface area contributed by atoms with Crippen LogP contribution in [0.3, 0.4) is 0 Å². The molecule has 3 heterocycles. The van der Waals surface area contributed by atoms with Gasteiger partial charge >= 0.3 is 6.18 Å². The number of aromatic nitrogens is 4. The first-order valence-electron chi connectivity index (χ1n) is 10.6. The van der Waals surface area contributed by atoms with Crippen molar-refractivity contribution in [2.24, 2.45) is 0 Å². The highest BCUT2D eigenvalue weighted by molar-refractivity contribution is 7.89. The highest BCUT2D eigenvalue weighted by atomic mass is 35.5. The van der Waals surface area contributed by atoms with Gasteiger partial charge in [0.25, 0.3) is 5.78 Å². The summed E-state index contributed by atoms with van der Waals surface area (Å²) < 4.78 is 68.4. The van der Waals surface area contributed by atoms with Gasteiger partial charge in [0.2, 0.25) is 16.0 Å². The first kappa shape index (κ1) is 24.8. The van der Waals surface area contributed by atoms with E-state index >= 15 is 0 Å². The van der Waals surface area contributed by atoms with E-state index in [1.54, 1.807) is 17.0 Å². The fourth-order valence-electron chi connectivity index (χ4n) is 3.94. The van der Waals surface area contributed by atoms with Crippen LogP contribution >= 0.6 is 23.2 Å². The molecule has 0 amide bonds. The summed E-state index contributed by atoms with van der Waals surface area (Å²) in [6.07, 6.45) is -3.03. The Balaban J connectivity index is 1.39. The Bertz CT molecular complexity index is 1550. The van der Waals surface area contributed by atoms with Crippen molar-refractivity contribution in [1.29, 1.82) is 0 Å². The average Bonchev–Trinajstić information content (AvgIpc) is 3.30. The fraction of sp³-hybridized carbons (Fsp3) is 0.227. The van der Waals surface area contributed by atoms with E-state index in [1.165, 1.54) is 39.3 Å². The molecule has 0 spiro atoms. The molecule has 1 aliphatic rings. The first-order chi connectivity index (χ1) is 17.1. The maximum Gasteiger partial charge on any atom is 0.416 e. The van der Waals surface area contributed by atoms with Crippen molar-refractivity contribution in [3.05, 3.63) is 70.3 Å². The number of hydrogen-bond acceptors (Lipinski definition) is 6. The van der Waals surface area contributed by atoms with Gasteiger partial charge in [-0.15, -0.1) is 5.10 Å². The summed E-state index contributed by atoms with van der Waals surface area (Å²) in [4.78, 5) is 10.3. The molecule has 0 N–H and O–H groups in total. The molecule has 2 aromatic carbocycles. The van der Waals surface area contributed by atoms with Gasteiger partial charge in [-0.2, -0.15) is 27.0 Å². The van der Waals surface area contributed by atoms with Gasteiger partial charge in [0.15, 0.2) is 0 Å². The third kappa shape index (κ3) is 4.49. The molecular formula is C22H17Cl2F3N6O2S. The average molecular weight is 557 g/mol. The normalized spacial score (nSPS) is 15.5. The molecule has 1 aliphatic heterocycles. The molecule has 5 rings (SSSR count). The van der Waals surface area contributed by atoms with Crippen molar-refractivity contribution in [2.75, 3.05) is 31.1 Å². The van der Waals surface area contributed by atoms with Gasteiger partial charge in [-0.3, -0.25) is 0 Å². The van der Waals surface area contributed by atoms with Crippen LogP contribution < -0.4 is 4.90 Å². The molecule has 8 nitrogen and oxygen atoms in total. The Morgan fingerprint density at radius 2 is 1.67 bits per heavy atom. The standard InChI is InChI=1S/C22H17Cl2F3N6O2S/c23-16-5-2-6-18(19(16)24)36(34,35)32-11-9-31(10-12-32)21-29-20-28-8-7-17(33(20)30-21)14-3-1-4-15(13-14)22(25,26)27/h1-8,13H,9-12H2. The Kier molecular flexibility index (Phi) is 6.31. The SMILES string of the molecule is O=S(=O)(c1cccc(Cl)c1Cl)N1CCN(c2nc3nccc(-c4cccc(C(F)(F)F)c4)n3n2)CC1. The predicted octanol–water partition coefficient (Wildman–Crippen LogP) is 4.63. The zero-order valence-corrected chi connectivity index (χ0v) is 20.7.